The topological polar surface area (TPSA) is 9.23 Å². The summed E-state index contributed by atoms with van der Waals surface area (Å²) < 4.78 is 5.91. The maximum absolute atomic E-state index is 5.91. The van der Waals surface area contributed by atoms with Gasteiger partial charge in [0, 0.05) is 7.11 Å². The molecule has 0 N–H and O–H groups in total. The number of unbranched alkanes of at least 4 members (excludes halogenated alkanes) is 5. The van der Waals surface area contributed by atoms with Gasteiger partial charge in [-0.3, -0.25) is 0 Å². The first-order chi connectivity index (χ1) is 10.2. The van der Waals surface area contributed by atoms with Crippen molar-refractivity contribution in [3.05, 3.63) is 48.6 Å². The third-order valence-electron chi connectivity index (χ3n) is 4.59. The molecule has 0 aliphatic carbocycles. The van der Waals surface area contributed by atoms with E-state index in [9.17, 15) is 0 Å². The Balaban J connectivity index is 2.58. The fourth-order valence-corrected chi connectivity index (χ4v) is 3.15. The molecule has 1 rings (SSSR count). The molecule has 0 saturated heterocycles. The van der Waals surface area contributed by atoms with Crippen molar-refractivity contribution in [2.45, 2.75) is 64.4 Å². The van der Waals surface area contributed by atoms with E-state index in [0.717, 1.165) is 0 Å². The predicted molar refractivity (Wildman–Crippen MR) is 92.5 cm³/mol. The van der Waals surface area contributed by atoms with E-state index in [1.807, 2.05) is 12.1 Å². The zero-order chi connectivity index (χ0) is 15.6. The molecule has 0 aliphatic heterocycles. The minimum atomic E-state index is -0.356. The molecule has 0 aliphatic rings. The second-order valence-electron chi connectivity index (χ2n) is 6.02. The number of ether oxygens (including phenoxy) is 1. The van der Waals surface area contributed by atoms with Gasteiger partial charge in [0.05, 0.1) is 0 Å². The fraction of sp³-hybridized carbons (Fsp3) is 0.600. The molecule has 0 amide bonds. The second kappa shape index (κ2) is 9.78. The van der Waals surface area contributed by atoms with Crippen LogP contribution in [0.15, 0.2) is 43.0 Å². The van der Waals surface area contributed by atoms with Gasteiger partial charge in [0.25, 0.3) is 0 Å². The van der Waals surface area contributed by atoms with Gasteiger partial charge < -0.3 is 4.74 Å². The smallest absolute Gasteiger partial charge is 0.113 e. The van der Waals surface area contributed by atoms with E-state index in [-0.39, 0.29) is 5.60 Å². The number of hydrogen-bond donors (Lipinski definition) is 0. The molecule has 0 bridgehead atoms. The third-order valence-corrected chi connectivity index (χ3v) is 4.59. The van der Waals surface area contributed by atoms with Crippen LogP contribution in [0.3, 0.4) is 0 Å². The largest absolute Gasteiger partial charge is 0.369 e. The highest BCUT2D eigenvalue weighted by atomic mass is 16.5. The van der Waals surface area contributed by atoms with E-state index < -0.39 is 0 Å². The Morgan fingerprint density at radius 1 is 1.10 bits per heavy atom. The monoisotopic (exact) mass is 288 g/mol. The highest BCUT2D eigenvalue weighted by Gasteiger charge is 2.34. The number of benzene rings is 1. The molecule has 0 radical (unpaired) electrons. The summed E-state index contributed by atoms with van der Waals surface area (Å²) in [5.41, 5.74) is 0.853. The summed E-state index contributed by atoms with van der Waals surface area (Å²) in [6.07, 6.45) is 11.2. The molecule has 118 valence electrons. The molecule has 0 aromatic heterocycles. The van der Waals surface area contributed by atoms with E-state index in [4.69, 9.17) is 4.74 Å². The summed E-state index contributed by atoms with van der Waals surface area (Å²) in [4.78, 5) is 0. The first-order valence-electron chi connectivity index (χ1n) is 8.45. The first kappa shape index (κ1) is 18.0. The van der Waals surface area contributed by atoms with E-state index >= 15 is 0 Å². The molecule has 1 nitrogen and oxygen atoms in total. The van der Waals surface area contributed by atoms with Crippen molar-refractivity contribution in [2.75, 3.05) is 7.11 Å². The third kappa shape index (κ3) is 5.00. The van der Waals surface area contributed by atoms with Crippen molar-refractivity contribution in [1.29, 1.82) is 0 Å². The quantitative estimate of drug-likeness (QED) is 0.353. The van der Waals surface area contributed by atoms with Gasteiger partial charge in [-0.25, -0.2) is 0 Å². The minimum Gasteiger partial charge on any atom is -0.369 e. The van der Waals surface area contributed by atoms with Crippen LogP contribution in [0.5, 0.6) is 0 Å². The Morgan fingerprint density at radius 2 is 1.71 bits per heavy atom. The first-order valence-corrected chi connectivity index (χ1v) is 8.45. The van der Waals surface area contributed by atoms with Crippen LogP contribution in [-0.2, 0) is 10.3 Å². The van der Waals surface area contributed by atoms with Gasteiger partial charge in [-0.05, 0) is 17.9 Å². The van der Waals surface area contributed by atoms with Gasteiger partial charge in [-0.15, -0.1) is 0 Å². The van der Waals surface area contributed by atoms with Crippen LogP contribution in [-0.4, -0.2) is 7.11 Å². The number of rotatable bonds is 11. The van der Waals surface area contributed by atoms with Gasteiger partial charge >= 0.3 is 0 Å². The van der Waals surface area contributed by atoms with Crippen molar-refractivity contribution < 1.29 is 4.74 Å². The normalized spacial score (nSPS) is 15.4. The summed E-state index contributed by atoms with van der Waals surface area (Å²) in [5.74, 6) is 0.438. The van der Waals surface area contributed by atoms with Crippen molar-refractivity contribution in [3.63, 3.8) is 0 Å². The average molecular weight is 288 g/mol. The predicted octanol–water partition coefficient (Wildman–Crippen LogP) is 6.10. The lowest BCUT2D eigenvalue weighted by Crippen LogP contribution is -2.33. The molecule has 1 heteroatoms. The van der Waals surface area contributed by atoms with Crippen LogP contribution in [0.1, 0.15) is 64.4 Å². The van der Waals surface area contributed by atoms with E-state index in [2.05, 4.69) is 44.7 Å². The molecule has 0 spiro atoms. The van der Waals surface area contributed by atoms with Gasteiger partial charge in [-0.1, -0.05) is 95.4 Å². The van der Waals surface area contributed by atoms with Crippen LogP contribution in [0.25, 0.3) is 0 Å². The van der Waals surface area contributed by atoms with Gasteiger partial charge in [-0.2, -0.15) is 0 Å². The lowest BCUT2D eigenvalue weighted by Gasteiger charge is -2.36. The highest BCUT2D eigenvalue weighted by molar-refractivity contribution is 5.28. The summed E-state index contributed by atoms with van der Waals surface area (Å²) in [6, 6.07) is 10.5. The Hall–Kier alpha value is -1.08. The minimum absolute atomic E-state index is 0.356. The van der Waals surface area contributed by atoms with Gasteiger partial charge in [0.15, 0.2) is 0 Å². The number of methoxy groups -OCH3 is 1. The van der Waals surface area contributed by atoms with Gasteiger partial charge in [0.2, 0.25) is 0 Å². The zero-order valence-electron chi connectivity index (χ0n) is 14.1. The summed E-state index contributed by atoms with van der Waals surface area (Å²) in [6.45, 7) is 8.59. The molecular formula is C20H32O. The molecule has 1 aromatic rings. The van der Waals surface area contributed by atoms with Crippen LogP contribution in [0, 0.1) is 5.92 Å². The average Bonchev–Trinajstić information content (AvgIpc) is 2.53. The lowest BCUT2D eigenvalue weighted by atomic mass is 9.79. The standard InChI is InChI=1S/C20H32O/c1-5-7-8-9-10-12-15-18(3)20(6-2,21-4)19-16-13-11-14-17-19/h6,11,13-14,16-18H,2,5,7-10,12,15H2,1,3-4H3. The lowest BCUT2D eigenvalue weighted by molar-refractivity contribution is -0.0199. The highest BCUT2D eigenvalue weighted by Crippen LogP contribution is 2.37. The Bertz CT molecular complexity index is 384. The summed E-state index contributed by atoms with van der Waals surface area (Å²) in [7, 11) is 1.80. The van der Waals surface area contributed by atoms with E-state index in [0.29, 0.717) is 5.92 Å². The molecule has 0 saturated carbocycles. The maximum atomic E-state index is 5.91. The maximum Gasteiger partial charge on any atom is 0.113 e. The van der Waals surface area contributed by atoms with Crippen LogP contribution in [0.4, 0.5) is 0 Å². The van der Waals surface area contributed by atoms with Crippen LogP contribution in [0.2, 0.25) is 0 Å². The van der Waals surface area contributed by atoms with Crippen molar-refractivity contribution in [2.24, 2.45) is 5.92 Å². The van der Waals surface area contributed by atoms with E-state index in [1.54, 1.807) is 7.11 Å². The van der Waals surface area contributed by atoms with Crippen LogP contribution < -0.4 is 0 Å². The van der Waals surface area contributed by atoms with E-state index in [1.165, 1.54) is 50.5 Å². The molecule has 0 heterocycles. The molecule has 0 fully saturated rings. The molecule has 2 atom stereocenters. The SMILES string of the molecule is C=CC(OC)(c1ccccc1)C(C)CCCCCCCC. The van der Waals surface area contributed by atoms with Crippen LogP contribution >= 0.6 is 0 Å². The summed E-state index contributed by atoms with van der Waals surface area (Å²) >= 11 is 0. The van der Waals surface area contributed by atoms with Crippen molar-refractivity contribution >= 4 is 0 Å². The molecule has 1 aromatic carbocycles. The molecule has 2 unspecified atom stereocenters. The summed E-state index contributed by atoms with van der Waals surface area (Å²) in [5, 5.41) is 0. The van der Waals surface area contributed by atoms with Crippen molar-refractivity contribution in [3.8, 4) is 0 Å². The Labute approximate surface area is 131 Å². The zero-order valence-corrected chi connectivity index (χ0v) is 14.1. The molecule has 21 heavy (non-hydrogen) atoms. The fourth-order valence-electron chi connectivity index (χ4n) is 3.15. The molecular weight excluding hydrogens is 256 g/mol. The second-order valence-corrected chi connectivity index (χ2v) is 6.02. The van der Waals surface area contributed by atoms with Crippen molar-refractivity contribution in [1.82, 2.24) is 0 Å². The van der Waals surface area contributed by atoms with Gasteiger partial charge in [0.1, 0.15) is 5.60 Å². The number of hydrogen-bond acceptors (Lipinski definition) is 1. The Morgan fingerprint density at radius 3 is 2.29 bits per heavy atom. The Kier molecular flexibility index (Phi) is 8.37.